The van der Waals surface area contributed by atoms with Crippen molar-refractivity contribution < 1.29 is 0 Å². The fourth-order valence-electron chi connectivity index (χ4n) is 7.98. The third-order valence-electron chi connectivity index (χ3n) is 9.68. The van der Waals surface area contributed by atoms with E-state index in [0.717, 1.165) is 32.1 Å². The van der Waals surface area contributed by atoms with Crippen molar-refractivity contribution in [1.29, 1.82) is 0 Å². The second kappa shape index (κ2) is 10.8. The van der Waals surface area contributed by atoms with Crippen molar-refractivity contribution in [3.63, 3.8) is 0 Å². The smallest absolute Gasteiger partial charge is 0.0369 e. The van der Waals surface area contributed by atoms with Crippen LogP contribution in [0.3, 0.4) is 0 Å². The number of piperidine rings is 1. The number of hydrogen-bond donors (Lipinski definition) is 1. The molecule has 1 fully saturated rings. The second-order valence-electron chi connectivity index (χ2n) is 12.9. The van der Waals surface area contributed by atoms with E-state index in [1.54, 1.807) is 0 Å². The van der Waals surface area contributed by atoms with Gasteiger partial charge in [0.2, 0.25) is 0 Å². The maximum Gasteiger partial charge on any atom is 0.0369 e. The first-order chi connectivity index (χ1) is 18.7. The van der Waals surface area contributed by atoms with Crippen molar-refractivity contribution in [2.45, 2.75) is 70.9 Å². The van der Waals surface area contributed by atoms with Crippen LogP contribution < -0.4 is 5.84 Å². The van der Waals surface area contributed by atoms with Crippen molar-refractivity contribution in [1.82, 2.24) is 5.01 Å². The summed E-state index contributed by atoms with van der Waals surface area (Å²) in [6.45, 7) is 9.50. The van der Waals surface area contributed by atoms with E-state index in [1.165, 1.54) is 22.3 Å². The van der Waals surface area contributed by atoms with E-state index in [-0.39, 0.29) is 21.9 Å². The van der Waals surface area contributed by atoms with Gasteiger partial charge in [0, 0.05) is 16.5 Å². The predicted octanol–water partition coefficient (Wildman–Crippen LogP) is 8.07. The quantitative estimate of drug-likeness (QED) is 0.240. The highest BCUT2D eigenvalue weighted by Crippen LogP contribution is 2.64. The van der Waals surface area contributed by atoms with Crippen LogP contribution in [0.25, 0.3) is 0 Å². The fourth-order valence-corrected chi connectivity index (χ4v) is 7.98. The standard InChI is InChI=1S/C37H44N2/c1-34(2)29-36(25-30-17-9-5-10-18-30,26-31-19-11-6-12-20-31)37(35(3,4)39(34)38,27-32-21-13-7-14-22-32)28-33-23-15-8-16-24-33/h5-24H,25-29,38H2,1-4H3. The summed E-state index contributed by atoms with van der Waals surface area (Å²) >= 11 is 0. The Morgan fingerprint density at radius 1 is 0.513 bits per heavy atom. The molecule has 4 aromatic rings. The van der Waals surface area contributed by atoms with E-state index in [1.807, 2.05) is 0 Å². The second-order valence-corrected chi connectivity index (χ2v) is 12.9. The largest absolute Gasteiger partial charge is 0.268 e. The lowest BCUT2D eigenvalue weighted by Gasteiger charge is -2.70. The van der Waals surface area contributed by atoms with Gasteiger partial charge >= 0.3 is 0 Å². The molecule has 1 aliphatic rings. The van der Waals surface area contributed by atoms with E-state index in [2.05, 4.69) is 154 Å². The van der Waals surface area contributed by atoms with Gasteiger partial charge in [0.1, 0.15) is 0 Å². The molecule has 0 aromatic heterocycles. The minimum absolute atomic E-state index is 0.0652. The van der Waals surface area contributed by atoms with Gasteiger partial charge in [0.15, 0.2) is 0 Å². The molecule has 5 rings (SSSR count). The summed E-state index contributed by atoms with van der Waals surface area (Å²) < 4.78 is 0. The molecule has 1 heterocycles. The Bertz CT molecular complexity index is 1240. The number of rotatable bonds is 8. The first-order valence-electron chi connectivity index (χ1n) is 14.4. The van der Waals surface area contributed by atoms with Crippen molar-refractivity contribution in [3.8, 4) is 0 Å². The molecule has 4 aromatic carbocycles. The number of benzene rings is 4. The highest BCUT2D eigenvalue weighted by Gasteiger charge is 2.66. The van der Waals surface area contributed by atoms with Gasteiger partial charge in [-0.25, -0.2) is 5.01 Å². The van der Waals surface area contributed by atoms with Gasteiger partial charge in [0.05, 0.1) is 0 Å². The molecule has 0 saturated carbocycles. The molecule has 39 heavy (non-hydrogen) atoms. The molecule has 1 saturated heterocycles. The van der Waals surface area contributed by atoms with Crippen LogP contribution in [-0.4, -0.2) is 16.1 Å². The van der Waals surface area contributed by atoms with Crippen molar-refractivity contribution in [2.75, 3.05) is 0 Å². The topological polar surface area (TPSA) is 29.3 Å². The third kappa shape index (κ3) is 5.21. The van der Waals surface area contributed by atoms with Gasteiger partial charge in [-0.1, -0.05) is 121 Å². The van der Waals surface area contributed by atoms with Crippen molar-refractivity contribution >= 4 is 0 Å². The summed E-state index contributed by atoms with van der Waals surface area (Å²) in [5.74, 6) is 7.21. The molecular formula is C37H44N2. The molecule has 0 radical (unpaired) electrons. The molecule has 2 N–H and O–H groups in total. The van der Waals surface area contributed by atoms with Gasteiger partial charge in [-0.3, -0.25) is 5.84 Å². The Balaban J connectivity index is 1.81. The van der Waals surface area contributed by atoms with Gasteiger partial charge in [0.25, 0.3) is 0 Å². The molecule has 2 nitrogen and oxygen atoms in total. The average Bonchev–Trinajstić information content (AvgIpc) is 2.93. The molecule has 1 aliphatic heterocycles. The third-order valence-corrected chi connectivity index (χ3v) is 9.68. The number of hydrogen-bond acceptors (Lipinski definition) is 2. The van der Waals surface area contributed by atoms with Crippen LogP contribution in [0.2, 0.25) is 0 Å². The summed E-state index contributed by atoms with van der Waals surface area (Å²) in [5, 5.41) is 2.21. The van der Waals surface area contributed by atoms with Crippen LogP contribution in [0.4, 0.5) is 0 Å². The minimum atomic E-state index is -0.302. The lowest BCUT2D eigenvalue weighted by atomic mass is 9.42. The molecular weight excluding hydrogens is 472 g/mol. The maximum absolute atomic E-state index is 7.21. The maximum atomic E-state index is 7.21. The van der Waals surface area contributed by atoms with E-state index in [0.29, 0.717) is 0 Å². The molecule has 0 bridgehead atoms. The van der Waals surface area contributed by atoms with Gasteiger partial charge in [-0.15, -0.1) is 0 Å². The normalized spacial score (nSPS) is 19.4. The first kappa shape index (κ1) is 27.4. The Kier molecular flexibility index (Phi) is 7.55. The van der Waals surface area contributed by atoms with Gasteiger partial charge < -0.3 is 0 Å². The summed E-state index contributed by atoms with van der Waals surface area (Å²) in [4.78, 5) is 0. The zero-order chi connectivity index (χ0) is 27.6. The average molecular weight is 517 g/mol. The minimum Gasteiger partial charge on any atom is -0.268 e. The van der Waals surface area contributed by atoms with Crippen LogP contribution in [0.5, 0.6) is 0 Å². The molecule has 0 atom stereocenters. The lowest BCUT2D eigenvalue weighted by molar-refractivity contribution is -0.202. The van der Waals surface area contributed by atoms with E-state index in [9.17, 15) is 0 Å². The van der Waals surface area contributed by atoms with Gasteiger partial charge in [-0.2, -0.15) is 0 Å². The zero-order valence-corrected chi connectivity index (χ0v) is 24.1. The Hall–Kier alpha value is -3.20. The van der Waals surface area contributed by atoms with Crippen LogP contribution >= 0.6 is 0 Å². The zero-order valence-electron chi connectivity index (χ0n) is 24.1. The Morgan fingerprint density at radius 2 is 0.821 bits per heavy atom. The van der Waals surface area contributed by atoms with Crippen molar-refractivity contribution in [3.05, 3.63) is 144 Å². The monoisotopic (exact) mass is 516 g/mol. The predicted molar refractivity (Wildman–Crippen MR) is 164 cm³/mol. The molecule has 0 unspecified atom stereocenters. The Morgan fingerprint density at radius 3 is 1.15 bits per heavy atom. The van der Waals surface area contributed by atoms with Crippen LogP contribution in [0, 0.1) is 10.8 Å². The van der Waals surface area contributed by atoms with Gasteiger partial charge in [-0.05, 0) is 87.5 Å². The molecule has 0 spiro atoms. The van der Waals surface area contributed by atoms with Crippen LogP contribution in [0.1, 0.15) is 56.4 Å². The van der Waals surface area contributed by atoms with Crippen LogP contribution in [-0.2, 0) is 25.7 Å². The fraction of sp³-hybridized carbons (Fsp3) is 0.351. The molecule has 202 valence electrons. The first-order valence-corrected chi connectivity index (χ1v) is 14.4. The summed E-state index contributed by atoms with van der Waals surface area (Å²) in [7, 11) is 0. The SMILES string of the molecule is CC1(C)CC(Cc2ccccc2)(Cc2ccccc2)C(Cc2ccccc2)(Cc2ccccc2)C(C)(C)N1N. The Labute approximate surface area is 235 Å². The number of nitrogens with two attached hydrogens (primary N) is 1. The summed E-state index contributed by atoms with van der Waals surface area (Å²) in [6.07, 6.45) is 4.92. The number of nitrogens with zero attached hydrogens (tertiary/aromatic N) is 1. The highest BCUT2D eigenvalue weighted by atomic mass is 15.5. The highest BCUT2D eigenvalue weighted by molar-refractivity contribution is 5.33. The molecule has 0 aliphatic carbocycles. The van der Waals surface area contributed by atoms with E-state index < -0.39 is 0 Å². The van der Waals surface area contributed by atoms with Crippen molar-refractivity contribution in [2.24, 2.45) is 16.7 Å². The van der Waals surface area contributed by atoms with Crippen LogP contribution in [0.15, 0.2) is 121 Å². The van der Waals surface area contributed by atoms with E-state index in [4.69, 9.17) is 5.84 Å². The summed E-state index contributed by atoms with van der Waals surface area (Å²) in [5.41, 5.74) is 4.84. The molecule has 2 heteroatoms. The molecule has 0 amide bonds. The number of hydrazine groups is 1. The lowest BCUT2D eigenvalue weighted by Crippen LogP contribution is -2.77. The summed E-state index contributed by atoms with van der Waals surface area (Å²) in [6, 6.07) is 44.5. The van der Waals surface area contributed by atoms with E-state index >= 15 is 0 Å².